The van der Waals surface area contributed by atoms with Crippen LogP contribution < -0.4 is 5.73 Å². The molecule has 0 aromatic heterocycles. The zero-order valence-electron chi connectivity index (χ0n) is 11.4. The van der Waals surface area contributed by atoms with Crippen LogP contribution in [-0.2, 0) is 14.8 Å². The molecule has 0 bridgehead atoms. The first kappa shape index (κ1) is 15.6. The second kappa shape index (κ2) is 6.30. The summed E-state index contributed by atoms with van der Waals surface area (Å²) >= 11 is 5.99. The fraction of sp³-hybridized carbons (Fsp3) is 0.538. The molecule has 0 spiro atoms. The number of halogens is 1. The van der Waals surface area contributed by atoms with Crippen LogP contribution in [-0.4, -0.2) is 39.5 Å². The molecule has 1 aliphatic rings. The molecule has 2 rings (SSSR count). The van der Waals surface area contributed by atoms with Crippen molar-refractivity contribution in [3.63, 3.8) is 0 Å². The van der Waals surface area contributed by atoms with Gasteiger partial charge in [-0.1, -0.05) is 11.6 Å². The minimum Gasteiger partial charge on any atom is -0.399 e. The lowest BCUT2D eigenvalue weighted by atomic mass is 10.0. The molecule has 1 atom stereocenters. The molecular weight excluding hydrogens is 300 g/mol. The lowest BCUT2D eigenvalue weighted by molar-refractivity contribution is 0.0495. The summed E-state index contributed by atoms with van der Waals surface area (Å²) in [6, 6.07) is 4.43. The van der Waals surface area contributed by atoms with E-state index in [1.807, 2.05) is 0 Å². The molecule has 1 aliphatic heterocycles. The van der Waals surface area contributed by atoms with E-state index in [0.717, 1.165) is 19.4 Å². The third-order valence-corrected chi connectivity index (χ3v) is 5.72. The second-order valence-electron chi connectivity index (χ2n) is 5.06. The van der Waals surface area contributed by atoms with E-state index in [0.29, 0.717) is 18.8 Å². The molecular formula is C13H19ClN2O3S. The summed E-state index contributed by atoms with van der Waals surface area (Å²) in [5.74, 6) is 0.232. The van der Waals surface area contributed by atoms with Crippen molar-refractivity contribution in [1.29, 1.82) is 0 Å². The molecule has 1 unspecified atom stereocenters. The van der Waals surface area contributed by atoms with Crippen LogP contribution in [0, 0.1) is 5.92 Å². The first-order chi connectivity index (χ1) is 9.41. The average Bonchev–Trinajstić information content (AvgIpc) is 2.39. The van der Waals surface area contributed by atoms with Crippen molar-refractivity contribution in [3.05, 3.63) is 23.2 Å². The van der Waals surface area contributed by atoms with E-state index in [1.165, 1.54) is 22.5 Å². The Labute approximate surface area is 124 Å². The highest BCUT2D eigenvalue weighted by molar-refractivity contribution is 7.89. The summed E-state index contributed by atoms with van der Waals surface area (Å²) in [5.41, 5.74) is 6.03. The molecule has 112 valence electrons. The number of rotatable bonds is 4. The number of sulfonamides is 1. The van der Waals surface area contributed by atoms with Crippen LogP contribution in [0.15, 0.2) is 23.1 Å². The quantitative estimate of drug-likeness (QED) is 0.861. The van der Waals surface area contributed by atoms with Crippen molar-refractivity contribution in [3.8, 4) is 0 Å². The van der Waals surface area contributed by atoms with Crippen LogP contribution in [0.1, 0.15) is 12.8 Å². The minimum atomic E-state index is -3.60. The van der Waals surface area contributed by atoms with E-state index >= 15 is 0 Å². The number of anilines is 1. The van der Waals surface area contributed by atoms with E-state index in [4.69, 9.17) is 22.1 Å². The summed E-state index contributed by atoms with van der Waals surface area (Å²) in [6.07, 6.45) is 1.95. The maximum atomic E-state index is 12.5. The Balaban J connectivity index is 2.16. The Morgan fingerprint density at radius 2 is 2.25 bits per heavy atom. The third-order valence-electron chi connectivity index (χ3n) is 3.41. The molecule has 0 amide bonds. The Morgan fingerprint density at radius 3 is 2.85 bits per heavy atom. The molecule has 1 heterocycles. The van der Waals surface area contributed by atoms with E-state index in [-0.39, 0.29) is 15.8 Å². The number of benzene rings is 1. The van der Waals surface area contributed by atoms with Gasteiger partial charge in [0.1, 0.15) is 4.90 Å². The van der Waals surface area contributed by atoms with Gasteiger partial charge in [-0.3, -0.25) is 0 Å². The molecule has 5 nitrogen and oxygen atoms in total. The fourth-order valence-electron chi connectivity index (χ4n) is 2.31. The van der Waals surface area contributed by atoms with Crippen molar-refractivity contribution in [2.45, 2.75) is 17.7 Å². The van der Waals surface area contributed by atoms with Gasteiger partial charge in [0.25, 0.3) is 0 Å². The zero-order valence-corrected chi connectivity index (χ0v) is 13.0. The van der Waals surface area contributed by atoms with Crippen molar-refractivity contribution < 1.29 is 13.2 Å². The summed E-state index contributed by atoms with van der Waals surface area (Å²) in [5, 5.41) is 0.150. The van der Waals surface area contributed by atoms with Gasteiger partial charge in [-0.2, -0.15) is 0 Å². The molecule has 0 radical (unpaired) electrons. The maximum Gasteiger partial charge on any atom is 0.244 e. The highest BCUT2D eigenvalue weighted by Crippen LogP contribution is 2.27. The standard InChI is InChI=1S/C13H19ClN2O3S/c1-16(8-10-3-2-6-19-9-10)20(17,18)13-5-4-11(15)7-12(13)14/h4-5,7,10H,2-3,6,8-9,15H2,1H3. The van der Waals surface area contributed by atoms with Gasteiger partial charge in [0.15, 0.2) is 0 Å². The van der Waals surface area contributed by atoms with Gasteiger partial charge >= 0.3 is 0 Å². The van der Waals surface area contributed by atoms with Crippen molar-refractivity contribution in [2.24, 2.45) is 5.92 Å². The largest absolute Gasteiger partial charge is 0.399 e. The number of hydrogen-bond donors (Lipinski definition) is 1. The van der Waals surface area contributed by atoms with Crippen LogP contribution in [0.5, 0.6) is 0 Å². The zero-order chi connectivity index (χ0) is 14.8. The SMILES string of the molecule is CN(CC1CCCOC1)S(=O)(=O)c1ccc(N)cc1Cl. The van der Waals surface area contributed by atoms with Gasteiger partial charge in [-0.15, -0.1) is 0 Å². The Morgan fingerprint density at radius 1 is 1.50 bits per heavy atom. The number of ether oxygens (including phenoxy) is 1. The highest BCUT2D eigenvalue weighted by atomic mass is 35.5. The first-order valence-electron chi connectivity index (χ1n) is 6.50. The van der Waals surface area contributed by atoms with E-state index in [9.17, 15) is 8.42 Å². The molecule has 1 aromatic carbocycles. The molecule has 0 saturated carbocycles. The summed E-state index contributed by atoms with van der Waals surface area (Å²) in [6.45, 7) is 1.80. The number of nitrogens with zero attached hydrogens (tertiary/aromatic N) is 1. The fourth-order valence-corrected chi connectivity index (χ4v) is 4.08. The van der Waals surface area contributed by atoms with Crippen molar-refractivity contribution in [2.75, 3.05) is 32.5 Å². The van der Waals surface area contributed by atoms with Crippen LogP contribution in [0.3, 0.4) is 0 Å². The molecule has 20 heavy (non-hydrogen) atoms. The first-order valence-corrected chi connectivity index (χ1v) is 8.32. The molecule has 2 N–H and O–H groups in total. The van der Waals surface area contributed by atoms with Gasteiger partial charge in [0, 0.05) is 25.9 Å². The predicted molar refractivity (Wildman–Crippen MR) is 79.2 cm³/mol. The molecule has 1 aromatic rings. The van der Waals surface area contributed by atoms with Crippen molar-refractivity contribution in [1.82, 2.24) is 4.31 Å². The van der Waals surface area contributed by atoms with E-state index < -0.39 is 10.0 Å². The van der Waals surface area contributed by atoms with Crippen molar-refractivity contribution >= 4 is 27.3 Å². The summed E-state index contributed by atoms with van der Waals surface area (Å²) < 4.78 is 31.7. The van der Waals surface area contributed by atoms with Crippen LogP contribution >= 0.6 is 11.6 Å². The Kier molecular flexibility index (Phi) is 4.90. The lowest BCUT2D eigenvalue weighted by Crippen LogP contribution is -2.35. The third kappa shape index (κ3) is 3.44. The van der Waals surface area contributed by atoms with Gasteiger partial charge in [0.2, 0.25) is 10.0 Å². The molecule has 7 heteroatoms. The number of nitrogens with two attached hydrogens (primary N) is 1. The normalized spacial score (nSPS) is 20.2. The smallest absolute Gasteiger partial charge is 0.244 e. The van der Waals surface area contributed by atoms with E-state index in [1.54, 1.807) is 7.05 Å². The molecule has 0 aliphatic carbocycles. The minimum absolute atomic E-state index is 0.0904. The molecule has 1 saturated heterocycles. The lowest BCUT2D eigenvalue weighted by Gasteiger charge is -2.27. The maximum absolute atomic E-state index is 12.5. The Bertz CT molecular complexity index is 571. The van der Waals surface area contributed by atoms with E-state index in [2.05, 4.69) is 0 Å². The second-order valence-corrected chi connectivity index (χ2v) is 7.48. The average molecular weight is 319 g/mol. The van der Waals surface area contributed by atoms with Crippen LogP contribution in [0.25, 0.3) is 0 Å². The van der Waals surface area contributed by atoms with Gasteiger partial charge < -0.3 is 10.5 Å². The summed E-state index contributed by atoms with van der Waals surface area (Å²) in [4.78, 5) is 0.0904. The predicted octanol–water partition coefficient (Wildman–Crippen LogP) is 1.97. The number of nitrogen functional groups attached to an aromatic ring is 1. The van der Waals surface area contributed by atoms with Gasteiger partial charge in [-0.25, -0.2) is 12.7 Å². The molecule has 1 fully saturated rings. The number of hydrogen-bond acceptors (Lipinski definition) is 4. The van der Waals surface area contributed by atoms with Crippen LogP contribution in [0.2, 0.25) is 5.02 Å². The summed E-state index contributed by atoms with van der Waals surface area (Å²) in [7, 11) is -2.03. The van der Waals surface area contributed by atoms with Gasteiger partial charge in [-0.05, 0) is 37.0 Å². The van der Waals surface area contributed by atoms with Crippen LogP contribution in [0.4, 0.5) is 5.69 Å². The van der Waals surface area contributed by atoms with Gasteiger partial charge in [0.05, 0.1) is 11.6 Å². The Hall–Kier alpha value is -0.820. The monoisotopic (exact) mass is 318 g/mol. The topological polar surface area (TPSA) is 72.6 Å². The highest BCUT2D eigenvalue weighted by Gasteiger charge is 2.26.